The van der Waals surface area contributed by atoms with Gasteiger partial charge in [0.2, 0.25) is 11.7 Å². The van der Waals surface area contributed by atoms with Gasteiger partial charge in [-0.25, -0.2) is 19.9 Å². The van der Waals surface area contributed by atoms with E-state index in [0.29, 0.717) is 40.3 Å². The van der Waals surface area contributed by atoms with Crippen LogP contribution in [-0.4, -0.2) is 47.2 Å². The number of hydrogen-bond acceptors (Lipinski definition) is 9. The molecule has 2 heterocycles. The largest absolute Gasteiger partial charge is 0.493 e. The van der Waals surface area contributed by atoms with E-state index in [1.165, 1.54) is 27.7 Å². The fourth-order valence-electron chi connectivity index (χ4n) is 3.50. The third-order valence-electron chi connectivity index (χ3n) is 5.18. The second kappa shape index (κ2) is 10.5. The quantitative estimate of drug-likeness (QED) is 0.401. The van der Waals surface area contributed by atoms with Gasteiger partial charge in [0.05, 0.1) is 27.0 Å². The molecule has 2 aromatic heterocycles. The smallest absolute Gasteiger partial charge is 0.255 e. The molecule has 0 fully saturated rings. The van der Waals surface area contributed by atoms with E-state index in [9.17, 15) is 4.79 Å². The molecule has 0 aliphatic rings. The van der Waals surface area contributed by atoms with Gasteiger partial charge in [-0.2, -0.15) is 0 Å². The van der Waals surface area contributed by atoms with Gasteiger partial charge < -0.3 is 19.5 Å². The Morgan fingerprint density at radius 3 is 2.20 bits per heavy atom. The maximum atomic E-state index is 13.1. The summed E-state index contributed by atoms with van der Waals surface area (Å²) in [5.74, 6) is 1.86. The van der Waals surface area contributed by atoms with E-state index in [1.54, 1.807) is 47.8 Å². The first-order valence-electron chi connectivity index (χ1n) is 10.6. The lowest BCUT2D eigenvalue weighted by molar-refractivity contribution is 0.102. The van der Waals surface area contributed by atoms with Gasteiger partial charge in [-0.05, 0) is 48.9 Å². The summed E-state index contributed by atoms with van der Waals surface area (Å²) in [4.78, 5) is 32.1. The van der Waals surface area contributed by atoms with Crippen molar-refractivity contribution in [3.8, 4) is 17.2 Å². The number of amides is 1. The summed E-state index contributed by atoms with van der Waals surface area (Å²) in [5.41, 5.74) is 2.60. The van der Waals surface area contributed by atoms with Crippen LogP contribution >= 0.6 is 0 Å². The van der Waals surface area contributed by atoms with Crippen LogP contribution in [0.4, 0.5) is 23.1 Å². The minimum atomic E-state index is -0.344. The van der Waals surface area contributed by atoms with Crippen molar-refractivity contribution in [1.29, 1.82) is 0 Å². The monoisotopic (exact) mass is 472 g/mol. The van der Waals surface area contributed by atoms with Crippen LogP contribution in [0.2, 0.25) is 0 Å². The van der Waals surface area contributed by atoms with Crippen LogP contribution in [0.3, 0.4) is 0 Å². The summed E-state index contributed by atoms with van der Waals surface area (Å²) < 4.78 is 16.1. The molecule has 0 atom stereocenters. The lowest BCUT2D eigenvalue weighted by Crippen LogP contribution is -2.17. The van der Waals surface area contributed by atoms with Crippen molar-refractivity contribution in [3.63, 3.8) is 0 Å². The number of carbonyl (C=O) groups is 1. The van der Waals surface area contributed by atoms with Crippen molar-refractivity contribution < 1.29 is 19.0 Å². The van der Waals surface area contributed by atoms with Gasteiger partial charge in [-0.15, -0.1) is 0 Å². The molecule has 1 N–H and O–H groups in total. The molecule has 178 valence electrons. The van der Waals surface area contributed by atoms with Crippen molar-refractivity contribution in [2.45, 2.75) is 6.92 Å². The number of aromatic nitrogens is 4. The van der Waals surface area contributed by atoms with E-state index in [4.69, 9.17) is 14.2 Å². The third-order valence-corrected chi connectivity index (χ3v) is 5.18. The molecule has 10 heteroatoms. The molecule has 2 aromatic carbocycles. The Balaban J connectivity index is 1.71. The highest BCUT2D eigenvalue weighted by Crippen LogP contribution is 2.39. The zero-order valence-electron chi connectivity index (χ0n) is 19.7. The number of ether oxygens (including phenoxy) is 3. The van der Waals surface area contributed by atoms with E-state index in [0.717, 1.165) is 11.3 Å². The molecule has 1 amide bonds. The summed E-state index contributed by atoms with van der Waals surface area (Å²) in [6.45, 7) is 1.96. The van der Waals surface area contributed by atoms with Crippen molar-refractivity contribution in [2.75, 3.05) is 31.5 Å². The second-order valence-electron chi connectivity index (χ2n) is 7.32. The lowest BCUT2D eigenvalue weighted by Gasteiger charge is -2.24. The van der Waals surface area contributed by atoms with Crippen LogP contribution in [0.25, 0.3) is 0 Å². The van der Waals surface area contributed by atoms with Gasteiger partial charge >= 0.3 is 0 Å². The minimum absolute atomic E-state index is 0.344. The Kier molecular flexibility index (Phi) is 7.01. The van der Waals surface area contributed by atoms with Crippen LogP contribution in [0.1, 0.15) is 15.9 Å². The summed E-state index contributed by atoms with van der Waals surface area (Å²) in [6.07, 6.45) is 6.41. The second-order valence-corrected chi connectivity index (χ2v) is 7.32. The molecule has 35 heavy (non-hydrogen) atoms. The number of carbonyl (C=O) groups excluding carboxylic acids is 1. The fourth-order valence-corrected chi connectivity index (χ4v) is 3.50. The SMILES string of the molecule is COc1cc(C(=O)Nc2ccc(C)c(N(c3ccncn3)c3ncccn3)c2)cc(OC)c1OC. The number of anilines is 4. The summed E-state index contributed by atoms with van der Waals surface area (Å²) in [5, 5.41) is 2.93. The maximum Gasteiger partial charge on any atom is 0.255 e. The summed E-state index contributed by atoms with van der Waals surface area (Å²) in [7, 11) is 4.50. The van der Waals surface area contributed by atoms with E-state index >= 15 is 0 Å². The molecular weight excluding hydrogens is 448 g/mol. The standard InChI is InChI=1S/C25H24N6O4/c1-16-6-7-18(30-24(32)17-12-20(33-2)23(35-4)21(13-17)34-3)14-19(16)31(22-8-11-26-15-29-22)25-27-9-5-10-28-25/h5-15H,1-4H3,(H,30,32). The first-order chi connectivity index (χ1) is 17.0. The number of benzene rings is 2. The summed E-state index contributed by atoms with van der Waals surface area (Å²) >= 11 is 0. The first-order valence-corrected chi connectivity index (χ1v) is 10.6. The number of rotatable bonds is 8. The molecule has 0 spiro atoms. The van der Waals surface area contributed by atoms with Crippen LogP contribution < -0.4 is 24.4 Å². The molecule has 0 radical (unpaired) electrons. The van der Waals surface area contributed by atoms with E-state index in [1.807, 2.05) is 25.1 Å². The average molecular weight is 473 g/mol. The highest BCUT2D eigenvalue weighted by molar-refractivity contribution is 6.05. The average Bonchev–Trinajstić information content (AvgIpc) is 2.90. The van der Waals surface area contributed by atoms with Gasteiger partial charge in [-0.3, -0.25) is 9.69 Å². The Labute approximate surface area is 202 Å². The van der Waals surface area contributed by atoms with Crippen LogP contribution in [0.5, 0.6) is 17.2 Å². The predicted octanol–water partition coefficient (Wildman–Crippen LogP) is 4.32. The zero-order chi connectivity index (χ0) is 24.8. The highest BCUT2D eigenvalue weighted by Gasteiger charge is 2.20. The first kappa shape index (κ1) is 23.4. The number of nitrogens with zero attached hydrogens (tertiary/aromatic N) is 5. The molecule has 0 saturated heterocycles. The van der Waals surface area contributed by atoms with Crippen molar-refractivity contribution in [1.82, 2.24) is 19.9 Å². The topological polar surface area (TPSA) is 112 Å². The van der Waals surface area contributed by atoms with Gasteiger partial charge in [0.15, 0.2) is 11.5 Å². The molecular formula is C25H24N6O4. The summed E-state index contributed by atoms with van der Waals surface area (Å²) in [6, 6.07) is 12.2. The van der Waals surface area contributed by atoms with Gasteiger partial charge in [0.1, 0.15) is 12.1 Å². The normalized spacial score (nSPS) is 10.4. The third kappa shape index (κ3) is 4.96. The van der Waals surface area contributed by atoms with Crippen LogP contribution in [-0.2, 0) is 0 Å². The Hall–Kier alpha value is -4.73. The molecule has 0 aliphatic heterocycles. The molecule has 0 bridgehead atoms. The minimum Gasteiger partial charge on any atom is -0.493 e. The molecule has 0 saturated carbocycles. The van der Waals surface area contributed by atoms with E-state index < -0.39 is 0 Å². The predicted molar refractivity (Wildman–Crippen MR) is 131 cm³/mol. The van der Waals surface area contributed by atoms with Crippen molar-refractivity contribution in [3.05, 3.63) is 78.5 Å². The molecule has 4 aromatic rings. The number of aryl methyl sites for hydroxylation is 1. The molecule has 0 unspecified atom stereocenters. The molecule has 4 rings (SSSR count). The zero-order valence-corrected chi connectivity index (χ0v) is 19.7. The number of methoxy groups -OCH3 is 3. The van der Waals surface area contributed by atoms with Crippen molar-refractivity contribution in [2.24, 2.45) is 0 Å². The lowest BCUT2D eigenvalue weighted by atomic mass is 10.1. The molecule has 0 aliphatic carbocycles. The van der Waals surface area contributed by atoms with E-state index in [-0.39, 0.29) is 5.91 Å². The Morgan fingerprint density at radius 1 is 0.886 bits per heavy atom. The Bertz CT molecular complexity index is 1250. The highest BCUT2D eigenvalue weighted by atomic mass is 16.5. The van der Waals surface area contributed by atoms with Gasteiger partial charge in [0.25, 0.3) is 5.91 Å². The van der Waals surface area contributed by atoms with E-state index in [2.05, 4.69) is 25.3 Å². The van der Waals surface area contributed by atoms with Gasteiger partial charge in [-0.1, -0.05) is 6.07 Å². The number of hydrogen-bond donors (Lipinski definition) is 1. The van der Waals surface area contributed by atoms with Crippen LogP contribution in [0, 0.1) is 6.92 Å². The Morgan fingerprint density at radius 2 is 1.60 bits per heavy atom. The van der Waals surface area contributed by atoms with Gasteiger partial charge in [0, 0.05) is 29.8 Å². The molecule has 10 nitrogen and oxygen atoms in total. The number of nitrogens with one attached hydrogen (secondary N) is 1. The fraction of sp³-hybridized carbons (Fsp3) is 0.160. The van der Waals surface area contributed by atoms with Crippen molar-refractivity contribution >= 4 is 29.0 Å². The maximum absolute atomic E-state index is 13.1. The van der Waals surface area contributed by atoms with Crippen LogP contribution in [0.15, 0.2) is 67.4 Å².